The summed E-state index contributed by atoms with van der Waals surface area (Å²) in [5.41, 5.74) is 1.92. The van der Waals surface area contributed by atoms with Gasteiger partial charge in [0, 0.05) is 12.1 Å². The lowest BCUT2D eigenvalue weighted by Gasteiger charge is -2.09. The minimum Gasteiger partial charge on any atom is -0.348 e. The molecule has 0 saturated heterocycles. The van der Waals surface area contributed by atoms with E-state index in [1.807, 2.05) is 26.0 Å². The summed E-state index contributed by atoms with van der Waals surface area (Å²) in [6.07, 6.45) is 0. The Morgan fingerprint density at radius 3 is 2.54 bits per heavy atom. The number of benzene rings is 2. The largest absolute Gasteiger partial charge is 0.348 e. The molecular formula is C19H15F3N2O2. The first-order valence-corrected chi connectivity index (χ1v) is 7.83. The van der Waals surface area contributed by atoms with Crippen LogP contribution in [0.3, 0.4) is 0 Å². The topological polar surface area (TPSA) is 62.0 Å². The van der Waals surface area contributed by atoms with Crippen LogP contribution in [0.4, 0.5) is 13.2 Å². The van der Waals surface area contributed by atoms with Crippen LogP contribution in [0.15, 0.2) is 35.1 Å². The Bertz CT molecular complexity index is 1090. The highest BCUT2D eigenvalue weighted by molar-refractivity contribution is 5.94. The average Bonchev–Trinajstić information content (AvgIpc) is 2.61. The standard InChI is InChI=1S/C19H15F3N2O2/c1-9-3-4-11-7-12(18(25)24-17(11)10(9)2)8-23-19(26)13-5-6-14(20)16(22)15(13)21/h3-7H,8H2,1-2H3,(H,23,26)(H,24,25). The fourth-order valence-electron chi connectivity index (χ4n) is 2.67. The number of hydrogen-bond acceptors (Lipinski definition) is 2. The molecule has 7 heteroatoms. The van der Waals surface area contributed by atoms with Crippen LogP contribution in [0, 0.1) is 31.3 Å². The minimum absolute atomic E-state index is 0.185. The summed E-state index contributed by atoms with van der Waals surface area (Å²) in [4.78, 5) is 27.0. The number of halogens is 3. The average molecular weight is 360 g/mol. The fraction of sp³-hybridized carbons (Fsp3) is 0.158. The van der Waals surface area contributed by atoms with Crippen LogP contribution < -0.4 is 10.9 Å². The molecule has 0 atom stereocenters. The molecule has 0 saturated carbocycles. The molecule has 26 heavy (non-hydrogen) atoms. The van der Waals surface area contributed by atoms with Gasteiger partial charge in [-0.25, -0.2) is 13.2 Å². The van der Waals surface area contributed by atoms with Crippen molar-refractivity contribution in [3.05, 3.63) is 80.4 Å². The molecule has 2 aromatic carbocycles. The molecule has 0 aliphatic rings. The zero-order valence-electron chi connectivity index (χ0n) is 14.0. The molecule has 0 aliphatic carbocycles. The molecule has 0 bridgehead atoms. The summed E-state index contributed by atoms with van der Waals surface area (Å²) >= 11 is 0. The maximum Gasteiger partial charge on any atom is 0.254 e. The number of nitrogens with one attached hydrogen (secondary N) is 2. The lowest BCUT2D eigenvalue weighted by molar-refractivity contribution is 0.0945. The SMILES string of the molecule is Cc1ccc2cc(CNC(=O)c3ccc(F)c(F)c3F)c(=O)[nH]c2c1C. The Morgan fingerprint density at radius 1 is 1.08 bits per heavy atom. The van der Waals surface area contributed by atoms with Crippen molar-refractivity contribution in [1.82, 2.24) is 10.3 Å². The molecule has 1 aromatic heterocycles. The molecule has 3 aromatic rings. The van der Waals surface area contributed by atoms with Gasteiger partial charge in [-0.05, 0) is 48.6 Å². The van der Waals surface area contributed by atoms with E-state index >= 15 is 0 Å². The zero-order valence-corrected chi connectivity index (χ0v) is 14.0. The van der Waals surface area contributed by atoms with Gasteiger partial charge in [-0.1, -0.05) is 12.1 Å². The summed E-state index contributed by atoms with van der Waals surface area (Å²) in [6, 6.07) is 6.90. The highest BCUT2D eigenvalue weighted by Crippen LogP contribution is 2.19. The van der Waals surface area contributed by atoms with Gasteiger partial charge in [0.25, 0.3) is 11.5 Å². The zero-order chi connectivity index (χ0) is 19.0. The molecule has 1 amide bonds. The number of rotatable bonds is 3. The van der Waals surface area contributed by atoms with Crippen molar-refractivity contribution in [2.24, 2.45) is 0 Å². The third-order valence-corrected chi connectivity index (χ3v) is 4.35. The molecule has 0 unspecified atom stereocenters. The first kappa shape index (κ1) is 17.7. The van der Waals surface area contributed by atoms with Crippen LogP contribution in [-0.2, 0) is 6.54 Å². The van der Waals surface area contributed by atoms with Crippen LogP contribution in [0.2, 0.25) is 0 Å². The van der Waals surface area contributed by atoms with Gasteiger partial charge in [0.1, 0.15) is 0 Å². The molecule has 4 nitrogen and oxygen atoms in total. The molecule has 0 fully saturated rings. The lowest BCUT2D eigenvalue weighted by Crippen LogP contribution is -2.27. The van der Waals surface area contributed by atoms with Crippen LogP contribution in [0.1, 0.15) is 27.0 Å². The number of amides is 1. The number of hydrogen-bond donors (Lipinski definition) is 2. The van der Waals surface area contributed by atoms with Gasteiger partial charge in [0.05, 0.1) is 11.1 Å². The van der Waals surface area contributed by atoms with Crippen molar-refractivity contribution in [2.75, 3.05) is 0 Å². The van der Waals surface area contributed by atoms with Gasteiger partial charge in [-0.3, -0.25) is 9.59 Å². The van der Waals surface area contributed by atoms with Gasteiger partial charge >= 0.3 is 0 Å². The number of fused-ring (bicyclic) bond motifs is 1. The van der Waals surface area contributed by atoms with E-state index in [0.717, 1.165) is 22.6 Å². The molecule has 2 N–H and O–H groups in total. The number of carbonyl (C=O) groups is 1. The Hall–Kier alpha value is -3.09. The van der Waals surface area contributed by atoms with E-state index in [0.29, 0.717) is 11.6 Å². The normalized spacial score (nSPS) is 11.0. The lowest BCUT2D eigenvalue weighted by atomic mass is 10.0. The number of carbonyl (C=O) groups excluding carboxylic acids is 1. The molecular weight excluding hydrogens is 345 g/mol. The summed E-state index contributed by atoms with van der Waals surface area (Å²) in [7, 11) is 0. The quantitative estimate of drug-likeness (QED) is 0.703. The van der Waals surface area contributed by atoms with Gasteiger partial charge in [0.15, 0.2) is 17.5 Å². The maximum atomic E-state index is 13.7. The van der Waals surface area contributed by atoms with Crippen molar-refractivity contribution < 1.29 is 18.0 Å². The Kier molecular flexibility index (Phi) is 4.54. The predicted octanol–water partition coefficient (Wildman–Crippen LogP) is 3.49. The molecule has 1 heterocycles. The second-order valence-corrected chi connectivity index (χ2v) is 6.00. The second-order valence-electron chi connectivity index (χ2n) is 6.00. The monoisotopic (exact) mass is 360 g/mol. The van der Waals surface area contributed by atoms with Crippen molar-refractivity contribution >= 4 is 16.8 Å². The summed E-state index contributed by atoms with van der Waals surface area (Å²) in [5.74, 6) is -5.61. The predicted molar refractivity (Wildman–Crippen MR) is 91.5 cm³/mol. The smallest absolute Gasteiger partial charge is 0.254 e. The van der Waals surface area contributed by atoms with E-state index in [4.69, 9.17) is 0 Å². The van der Waals surface area contributed by atoms with E-state index in [2.05, 4.69) is 10.3 Å². The number of aromatic amines is 1. The first-order chi connectivity index (χ1) is 12.3. The maximum absolute atomic E-state index is 13.7. The van der Waals surface area contributed by atoms with Crippen LogP contribution in [0.5, 0.6) is 0 Å². The summed E-state index contributed by atoms with van der Waals surface area (Å²) < 4.78 is 39.8. The van der Waals surface area contributed by atoms with Crippen LogP contribution in [-0.4, -0.2) is 10.9 Å². The summed E-state index contributed by atoms with van der Waals surface area (Å²) in [5, 5.41) is 3.13. The third-order valence-electron chi connectivity index (χ3n) is 4.35. The van der Waals surface area contributed by atoms with Crippen LogP contribution in [0.25, 0.3) is 10.9 Å². The number of aromatic nitrogens is 1. The van der Waals surface area contributed by atoms with Crippen molar-refractivity contribution in [2.45, 2.75) is 20.4 Å². The van der Waals surface area contributed by atoms with Gasteiger partial charge in [-0.2, -0.15) is 0 Å². The number of aryl methyl sites for hydroxylation is 2. The highest BCUT2D eigenvalue weighted by atomic mass is 19.2. The molecule has 0 aliphatic heterocycles. The van der Waals surface area contributed by atoms with E-state index < -0.39 is 34.5 Å². The fourth-order valence-corrected chi connectivity index (χ4v) is 2.67. The second kappa shape index (κ2) is 6.67. The van der Waals surface area contributed by atoms with E-state index in [1.165, 1.54) is 0 Å². The number of H-pyrrole nitrogens is 1. The van der Waals surface area contributed by atoms with E-state index in [9.17, 15) is 22.8 Å². The Balaban J connectivity index is 1.87. The molecule has 3 rings (SSSR count). The first-order valence-electron chi connectivity index (χ1n) is 7.83. The van der Waals surface area contributed by atoms with E-state index in [-0.39, 0.29) is 12.1 Å². The van der Waals surface area contributed by atoms with Crippen LogP contribution >= 0.6 is 0 Å². The molecule has 0 spiro atoms. The Morgan fingerprint density at radius 2 is 1.81 bits per heavy atom. The third kappa shape index (κ3) is 3.08. The molecule has 134 valence electrons. The van der Waals surface area contributed by atoms with Crippen molar-refractivity contribution in [3.8, 4) is 0 Å². The van der Waals surface area contributed by atoms with Gasteiger partial charge in [0.2, 0.25) is 0 Å². The van der Waals surface area contributed by atoms with Gasteiger partial charge < -0.3 is 10.3 Å². The van der Waals surface area contributed by atoms with Crippen molar-refractivity contribution in [1.29, 1.82) is 0 Å². The molecule has 0 radical (unpaired) electrons. The number of pyridine rings is 1. The minimum atomic E-state index is -1.72. The highest BCUT2D eigenvalue weighted by Gasteiger charge is 2.19. The van der Waals surface area contributed by atoms with E-state index in [1.54, 1.807) is 6.07 Å². The Labute approximate surface area is 146 Å². The van der Waals surface area contributed by atoms with Gasteiger partial charge in [-0.15, -0.1) is 0 Å². The summed E-state index contributed by atoms with van der Waals surface area (Å²) in [6.45, 7) is 3.63. The van der Waals surface area contributed by atoms with Crippen molar-refractivity contribution in [3.63, 3.8) is 0 Å².